The van der Waals surface area contributed by atoms with Gasteiger partial charge in [-0.05, 0) is 24.3 Å². The minimum Gasteiger partial charge on any atom is -0.478 e. The Hall–Kier alpha value is -1.89. The summed E-state index contributed by atoms with van der Waals surface area (Å²) in [5.41, 5.74) is 0.397. The lowest BCUT2D eigenvalue weighted by atomic mass is 10.3. The third-order valence-corrected chi connectivity index (χ3v) is 2.45. The van der Waals surface area contributed by atoms with Gasteiger partial charge in [0, 0.05) is 22.7 Å². The molecular formula is C11H9F2NO3S. The maximum atomic E-state index is 12.0. The summed E-state index contributed by atoms with van der Waals surface area (Å²) in [4.78, 5) is 21.7. The number of benzene rings is 1. The van der Waals surface area contributed by atoms with Crippen LogP contribution in [0.5, 0.6) is 0 Å². The number of carbonyl (C=O) groups excluding carboxylic acids is 1. The summed E-state index contributed by atoms with van der Waals surface area (Å²) in [5, 5.41) is 10.7. The topological polar surface area (TPSA) is 66.4 Å². The lowest BCUT2D eigenvalue weighted by Crippen LogP contribution is -2.08. The third-order valence-electron chi connectivity index (χ3n) is 1.72. The number of thioether (sulfide) groups is 1. The Balaban J connectivity index is 2.58. The maximum Gasteiger partial charge on any atom is 0.328 e. The number of rotatable bonds is 5. The lowest BCUT2D eigenvalue weighted by molar-refractivity contribution is -0.131. The molecule has 0 fully saturated rings. The van der Waals surface area contributed by atoms with Crippen molar-refractivity contribution in [3.05, 3.63) is 36.4 Å². The molecule has 0 aromatic heterocycles. The van der Waals surface area contributed by atoms with E-state index in [1.54, 1.807) is 0 Å². The quantitative estimate of drug-likeness (QED) is 0.639. The number of aliphatic carboxylic acids is 1. The van der Waals surface area contributed by atoms with Gasteiger partial charge in [-0.2, -0.15) is 8.78 Å². The number of carboxylic acid groups (broad SMARTS) is 1. The molecule has 4 nitrogen and oxygen atoms in total. The van der Waals surface area contributed by atoms with Gasteiger partial charge in [0.25, 0.3) is 5.76 Å². The van der Waals surface area contributed by atoms with E-state index in [1.165, 1.54) is 24.3 Å². The summed E-state index contributed by atoms with van der Waals surface area (Å²) in [6.07, 6.45) is 1.57. The van der Waals surface area contributed by atoms with E-state index in [0.717, 1.165) is 6.08 Å². The van der Waals surface area contributed by atoms with Gasteiger partial charge >= 0.3 is 5.97 Å². The molecule has 0 spiro atoms. The molecule has 0 saturated carbocycles. The molecule has 0 atom stereocenters. The molecule has 1 aromatic rings. The van der Waals surface area contributed by atoms with Crippen molar-refractivity contribution in [3.8, 4) is 0 Å². The molecule has 7 heteroatoms. The lowest BCUT2D eigenvalue weighted by Gasteiger charge is -2.03. The zero-order chi connectivity index (χ0) is 13.5. The van der Waals surface area contributed by atoms with E-state index in [9.17, 15) is 18.4 Å². The van der Waals surface area contributed by atoms with Crippen LogP contribution in [0, 0.1) is 0 Å². The van der Waals surface area contributed by atoms with Gasteiger partial charge < -0.3 is 10.4 Å². The zero-order valence-corrected chi connectivity index (χ0v) is 9.79. The Labute approximate surface area is 106 Å². The maximum absolute atomic E-state index is 12.0. The highest BCUT2D eigenvalue weighted by molar-refractivity contribution is 7.99. The number of nitrogens with one attached hydrogen (secondary N) is 1. The van der Waals surface area contributed by atoms with Crippen LogP contribution in [0.1, 0.15) is 0 Å². The zero-order valence-electron chi connectivity index (χ0n) is 8.97. The Bertz CT molecular complexity index is 460. The van der Waals surface area contributed by atoms with Crippen molar-refractivity contribution in [2.24, 2.45) is 0 Å². The molecule has 0 aliphatic rings. The second-order valence-electron chi connectivity index (χ2n) is 3.06. The molecule has 0 unspecified atom stereocenters. The second kappa shape index (κ2) is 6.75. The molecule has 1 rings (SSSR count). The summed E-state index contributed by atoms with van der Waals surface area (Å²) in [7, 11) is 0. The fourth-order valence-electron chi connectivity index (χ4n) is 1.05. The van der Waals surface area contributed by atoms with Crippen molar-refractivity contribution in [3.63, 3.8) is 0 Å². The van der Waals surface area contributed by atoms with E-state index in [4.69, 9.17) is 5.11 Å². The van der Waals surface area contributed by atoms with Crippen molar-refractivity contribution in [2.75, 3.05) is 5.32 Å². The highest BCUT2D eigenvalue weighted by Gasteiger charge is 2.05. The first-order valence-corrected chi connectivity index (χ1v) is 5.62. The van der Waals surface area contributed by atoms with Crippen LogP contribution >= 0.6 is 11.8 Å². The largest absolute Gasteiger partial charge is 0.478 e. The van der Waals surface area contributed by atoms with Crippen LogP contribution in [0.25, 0.3) is 0 Å². The molecule has 0 bridgehead atoms. The van der Waals surface area contributed by atoms with Gasteiger partial charge in [0.05, 0.1) is 0 Å². The Morgan fingerprint density at radius 1 is 1.22 bits per heavy atom. The van der Waals surface area contributed by atoms with Crippen LogP contribution in [-0.4, -0.2) is 22.7 Å². The first kappa shape index (κ1) is 14.2. The van der Waals surface area contributed by atoms with Gasteiger partial charge in [0.15, 0.2) is 0 Å². The van der Waals surface area contributed by atoms with Crippen LogP contribution in [-0.2, 0) is 9.59 Å². The summed E-state index contributed by atoms with van der Waals surface area (Å²) in [6.45, 7) is 0. The molecule has 2 N–H and O–H groups in total. The van der Waals surface area contributed by atoms with Crippen molar-refractivity contribution < 1.29 is 23.5 Å². The van der Waals surface area contributed by atoms with Crippen molar-refractivity contribution in [1.82, 2.24) is 0 Å². The molecular weight excluding hydrogens is 264 g/mol. The summed E-state index contributed by atoms with van der Waals surface area (Å²) < 4.78 is 24.1. The molecule has 0 aliphatic carbocycles. The van der Waals surface area contributed by atoms with Crippen LogP contribution in [0.15, 0.2) is 41.3 Å². The molecule has 0 saturated heterocycles. The highest BCUT2D eigenvalue weighted by atomic mass is 32.2. The van der Waals surface area contributed by atoms with Gasteiger partial charge in [0.2, 0.25) is 5.91 Å². The normalized spacial score (nSPS) is 10.8. The first-order chi connectivity index (χ1) is 8.47. The van der Waals surface area contributed by atoms with E-state index in [2.05, 4.69) is 5.32 Å². The SMILES string of the molecule is O=C(O)C=CC(=O)Nc1ccc(SC(F)F)cc1. The predicted octanol–water partition coefficient (Wildman–Crippen LogP) is 2.58. The van der Waals surface area contributed by atoms with Crippen LogP contribution in [0.4, 0.5) is 14.5 Å². The van der Waals surface area contributed by atoms with E-state index in [-0.39, 0.29) is 0 Å². The minimum absolute atomic E-state index is 0.379. The molecule has 0 heterocycles. The fraction of sp³-hybridized carbons (Fsp3) is 0.0909. The monoisotopic (exact) mass is 273 g/mol. The van der Waals surface area contributed by atoms with E-state index < -0.39 is 17.6 Å². The number of carbonyl (C=O) groups is 2. The summed E-state index contributed by atoms with van der Waals surface area (Å²) in [5.74, 6) is -4.33. The first-order valence-electron chi connectivity index (χ1n) is 4.74. The van der Waals surface area contributed by atoms with Crippen molar-refractivity contribution >= 4 is 29.3 Å². The summed E-state index contributed by atoms with van der Waals surface area (Å²) in [6, 6.07) is 5.79. The van der Waals surface area contributed by atoms with E-state index >= 15 is 0 Å². The molecule has 0 aliphatic heterocycles. The number of amides is 1. The number of hydrogen-bond donors (Lipinski definition) is 2. The molecule has 0 radical (unpaired) electrons. The number of alkyl halides is 2. The number of hydrogen-bond acceptors (Lipinski definition) is 3. The number of anilines is 1. The molecule has 96 valence electrons. The highest BCUT2D eigenvalue weighted by Crippen LogP contribution is 2.26. The predicted molar refractivity (Wildman–Crippen MR) is 63.7 cm³/mol. The molecule has 1 aromatic carbocycles. The molecule has 18 heavy (non-hydrogen) atoms. The average molecular weight is 273 g/mol. The van der Waals surface area contributed by atoms with Crippen LogP contribution < -0.4 is 5.32 Å². The van der Waals surface area contributed by atoms with Gasteiger partial charge in [-0.1, -0.05) is 11.8 Å². The van der Waals surface area contributed by atoms with E-state index in [1.807, 2.05) is 0 Å². The Morgan fingerprint density at radius 2 is 1.83 bits per heavy atom. The van der Waals surface area contributed by atoms with Gasteiger partial charge in [-0.3, -0.25) is 4.79 Å². The summed E-state index contributed by atoms with van der Waals surface area (Å²) >= 11 is 0.402. The van der Waals surface area contributed by atoms with Crippen molar-refractivity contribution in [2.45, 2.75) is 10.7 Å². The third kappa shape index (κ3) is 5.44. The van der Waals surface area contributed by atoms with Crippen LogP contribution in [0.3, 0.4) is 0 Å². The molecule has 1 amide bonds. The van der Waals surface area contributed by atoms with Gasteiger partial charge in [-0.25, -0.2) is 4.79 Å². The fourth-order valence-corrected chi connectivity index (χ4v) is 1.55. The number of halogens is 2. The standard InChI is InChI=1S/C11H9F2NO3S/c12-11(13)18-8-3-1-7(2-4-8)14-9(15)5-6-10(16)17/h1-6,11H,(H,14,15)(H,16,17). The smallest absolute Gasteiger partial charge is 0.328 e. The minimum atomic E-state index is -2.50. The van der Waals surface area contributed by atoms with Crippen LogP contribution in [0.2, 0.25) is 0 Å². The van der Waals surface area contributed by atoms with E-state index in [0.29, 0.717) is 28.4 Å². The van der Waals surface area contributed by atoms with Gasteiger partial charge in [0.1, 0.15) is 0 Å². The number of carboxylic acids is 1. The average Bonchev–Trinajstić information content (AvgIpc) is 2.28. The second-order valence-corrected chi connectivity index (χ2v) is 4.13. The van der Waals surface area contributed by atoms with Crippen molar-refractivity contribution in [1.29, 1.82) is 0 Å². The Morgan fingerprint density at radius 3 is 2.33 bits per heavy atom. The Kier molecular flexibility index (Phi) is 5.31. The van der Waals surface area contributed by atoms with Gasteiger partial charge in [-0.15, -0.1) is 0 Å².